The van der Waals surface area contributed by atoms with E-state index in [2.05, 4.69) is 62.6 Å². The molecule has 0 amide bonds. The van der Waals surface area contributed by atoms with Crippen molar-refractivity contribution in [1.82, 2.24) is 18.4 Å². The Balaban J connectivity index is 1.44. The third kappa shape index (κ3) is 4.97. The van der Waals surface area contributed by atoms with E-state index in [1.165, 1.54) is 15.1 Å². The second-order valence-corrected chi connectivity index (χ2v) is 15.4. The molecule has 2 aliphatic rings. The van der Waals surface area contributed by atoms with Crippen LogP contribution in [-0.2, 0) is 29.5 Å². The minimum absolute atomic E-state index is 0.119. The topological polar surface area (TPSA) is 80.4 Å². The number of fused-ring (bicyclic) bond motifs is 3. The van der Waals surface area contributed by atoms with Crippen LogP contribution in [0.3, 0.4) is 0 Å². The lowest BCUT2D eigenvalue weighted by molar-refractivity contribution is 0.268. The standard InChI is InChI=1S/C37H41N5O3S/c1-7-39-17-16-26-10-11-27(18-29(26)21-39)28-12-15-34-31(19-28)32(22-41(34)46(44,45)30-13-8-25(4)9-14-30)33-20-35(43)40-23-37(5,6)42(24(2)3)36(40)38-33/h8-15,18-20,22,24H,7,16-17,21,23H2,1-6H3. The van der Waals surface area contributed by atoms with Gasteiger partial charge in [-0.2, -0.15) is 0 Å². The Morgan fingerprint density at radius 1 is 0.935 bits per heavy atom. The average Bonchev–Trinajstić information content (AvgIpc) is 3.55. The van der Waals surface area contributed by atoms with E-state index in [0.29, 0.717) is 29.3 Å². The number of hydrogen-bond donors (Lipinski definition) is 0. The van der Waals surface area contributed by atoms with Crippen LogP contribution < -0.4 is 10.5 Å². The fourth-order valence-electron chi connectivity index (χ4n) is 7.30. The zero-order valence-corrected chi connectivity index (χ0v) is 28.2. The maximum atomic E-state index is 14.1. The number of rotatable bonds is 6. The summed E-state index contributed by atoms with van der Waals surface area (Å²) >= 11 is 0. The molecule has 0 fully saturated rings. The molecule has 5 aromatic rings. The van der Waals surface area contributed by atoms with Gasteiger partial charge in [-0.3, -0.25) is 14.3 Å². The van der Waals surface area contributed by atoms with Crippen LogP contribution in [0.1, 0.15) is 51.3 Å². The monoisotopic (exact) mass is 635 g/mol. The minimum atomic E-state index is -3.94. The highest BCUT2D eigenvalue weighted by Gasteiger charge is 2.40. The number of nitrogens with zero attached hydrogens (tertiary/aromatic N) is 5. The summed E-state index contributed by atoms with van der Waals surface area (Å²) in [6, 6.07) is 21.1. The Morgan fingerprint density at radius 3 is 2.37 bits per heavy atom. The van der Waals surface area contributed by atoms with Crippen molar-refractivity contribution in [2.75, 3.05) is 18.0 Å². The molecule has 46 heavy (non-hydrogen) atoms. The van der Waals surface area contributed by atoms with E-state index >= 15 is 0 Å². The first-order valence-electron chi connectivity index (χ1n) is 16.1. The van der Waals surface area contributed by atoms with E-state index in [1.807, 2.05) is 25.1 Å². The second-order valence-electron chi connectivity index (χ2n) is 13.6. The van der Waals surface area contributed by atoms with Crippen LogP contribution in [-0.4, -0.2) is 51.5 Å². The molecule has 0 saturated carbocycles. The minimum Gasteiger partial charge on any atom is -0.333 e. The predicted molar refractivity (Wildman–Crippen MR) is 185 cm³/mol. The van der Waals surface area contributed by atoms with Crippen molar-refractivity contribution in [3.8, 4) is 22.4 Å². The molecule has 0 unspecified atom stereocenters. The molecule has 0 N–H and O–H groups in total. The van der Waals surface area contributed by atoms with Crippen molar-refractivity contribution in [2.24, 2.45) is 0 Å². The fourth-order valence-corrected chi connectivity index (χ4v) is 8.67. The molecule has 0 aliphatic carbocycles. The molecule has 0 saturated heterocycles. The molecule has 8 nitrogen and oxygen atoms in total. The molecule has 0 spiro atoms. The number of likely N-dealkylation sites (N-methyl/N-ethyl adjacent to an activating group) is 1. The summed E-state index contributed by atoms with van der Waals surface area (Å²) < 4.78 is 31.3. The lowest BCUT2D eigenvalue weighted by Crippen LogP contribution is -2.45. The van der Waals surface area contributed by atoms with E-state index < -0.39 is 10.0 Å². The summed E-state index contributed by atoms with van der Waals surface area (Å²) in [5.74, 6) is 0.608. The maximum Gasteiger partial charge on any atom is 0.268 e. The SMILES string of the molecule is CCN1CCc2ccc(-c3ccc4c(c3)c(-c3cc(=O)n5c(n3)N(C(C)C)C(C)(C)C5)cn4S(=O)(=O)c3ccc(C)cc3)cc2C1. The molecule has 2 aliphatic heterocycles. The summed E-state index contributed by atoms with van der Waals surface area (Å²) in [6.45, 7) is 16.1. The van der Waals surface area contributed by atoms with Crippen molar-refractivity contribution in [3.63, 3.8) is 0 Å². The van der Waals surface area contributed by atoms with E-state index in [1.54, 1.807) is 41.1 Å². The van der Waals surface area contributed by atoms with E-state index in [9.17, 15) is 13.2 Å². The third-order valence-electron chi connectivity index (χ3n) is 9.62. The van der Waals surface area contributed by atoms with Crippen molar-refractivity contribution in [1.29, 1.82) is 0 Å². The normalized spacial score (nSPS) is 16.3. The average molecular weight is 636 g/mol. The van der Waals surface area contributed by atoms with E-state index in [4.69, 9.17) is 4.98 Å². The summed E-state index contributed by atoms with van der Waals surface area (Å²) in [5.41, 5.74) is 6.92. The van der Waals surface area contributed by atoms with Gasteiger partial charge in [0.25, 0.3) is 15.6 Å². The molecular formula is C37H41N5O3S. The van der Waals surface area contributed by atoms with Crippen LogP contribution in [0.4, 0.5) is 5.95 Å². The van der Waals surface area contributed by atoms with Gasteiger partial charge >= 0.3 is 0 Å². The summed E-state index contributed by atoms with van der Waals surface area (Å²) in [5, 5.41) is 0.728. The van der Waals surface area contributed by atoms with E-state index in [0.717, 1.165) is 48.1 Å². The highest BCUT2D eigenvalue weighted by Crippen LogP contribution is 2.38. The molecule has 4 heterocycles. The number of anilines is 1. The van der Waals surface area contributed by atoms with Gasteiger partial charge in [0.15, 0.2) is 0 Å². The van der Waals surface area contributed by atoms with Crippen LogP contribution in [0.25, 0.3) is 33.3 Å². The molecule has 0 radical (unpaired) electrons. The highest BCUT2D eigenvalue weighted by atomic mass is 32.2. The number of hydrogen-bond acceptors (Lipinski definition) is 6. The molecule has 7 rings (SSSR count). The van der Waals surface area contributed by atoms with Crippen LogP contribution >= 0.6 is 0 Å². The quantitative estimate of drug-likeness (QED) is 0.213. The molecular weight excluding hydrogens is 595 g/mol. The van der Waals surface area contributed by atoms with Gasteiger partial charge in [-0.15, -0.1) is 0 Å². The fraction of sp³-hybridized carbons (Fsp3) is 0.351. The van der Waals surface area contributed by atoms with Gasteiger partial charge in [0.2, 0.25) is 5.95 Å². The Bertz CT molecular complexity index is 2160. The largest absolute Gasteiger partial charge is 0.333 e. The highest BCUT2D eigenvalue weighted by molar-refractivity contribution is 7.90. The van der Waals surface area contributed by atoms with Crippen molar-refractivity contribution < 1.29 is 8.42 Å². The lowest BCUT2D eigenvalue weighted by Gasteiger charge is -2.35. The van der Waals surface area contributed by atoms with Gasteiger partial charge in [0.1, 0.15) is 0 Å². The zero-order valence-electron chi connectivity index (χ0n) is 27.4. The second kappa shape index (κ2) is 11.0. The van der Waals surface area contributed by atoms with Crippen molar-refractivity contribution in [3.05, 3.63) is 100.0 Å². The van der Waals surface area contributed by atoms with Gasteiger partial charge in [-0.05, 0) is 100 Å². The van der Waals surface area contributed by atoms with Crippen LogP contribution in [0.5, 0.6) is 0 Å². The van der Waals surface area contributed by atoms with E-state index in [-0.39, 0.29) is 22.0 Å². The summed E-state index contributed by atoms with van der Waals surface area (Å²) in [7, 11) is -3.94. The summed E-state index contributed by atoms with van der Waals surface area (Å²) in [6.07, 6.45) is 2.67. The lowest BCUT2D eigenvalue weighted by atomic mass is 9.94. The van der Waals surface area contributed by atoms with Crippen LogP contribution in [0, 0.1) is 6.92 Å². The third-order valence-corrected chi connectivity index (χ3v) is 11.3. The maximum absolute atomic E-state index is 14.1. The van der Waals surface area contributed by atoms with Gasteiger partial charge in [-0.25, -0.2) is 17.4 Å². The van der Waals surface area contributed by atoms with Crippen molar-refractivity contribution in [2.45, 2.75) is 77.5 Å². The van der Waals surface area contributed by atoms with Gasteiger partial charge in [-0.1, -0.05) is 42.8 Å². The number of aryl methyl sites for hydroxylation is 1. The van der Waals surface area contributed by atoms with Gasteiger partial charge in [0, 0.05) is 42.3 Å². The Labute approximate surface area is 271 Å². The zero-order chi connectivity index (χ0) is 32.5. The van der Waals surface area contributed by atoms with Crippen molar-refractivity contribution >= 4 is 26.9 Å². The van der Waals surface area contributed by atoms with Crippen LogP contribution in [0.2, 0.25) is 0 Å². The first-order valence-corrected chi connectivity index (χ1v) is 17.5. The summed E-state index contributed by atoms with van der Waals surface area (Å²) in [4.78, 5) is 23.5. The van der Waals surface area contributed by atoms with Crippen LogP contribution in [0.15, 0.2) is 82.6 Å². The number of benzene rings is 3. The Hall–Kier alpha value is -4.21. The van der Waals surface area contributed by atoms with Gasteiger partial charge < -0.3 is 4.90 Å². The smallest absolute Gasteiger partial charge is 0.268 e. The molecule has 2 aromatic heterocycles. The molecule has 9 heteroatoms. The molecule has 0 bridgehead atoms. The first kappa shape index (κ1) is 30.4. The molecule has 0 atom stereocenters. The molecule has 3 aromatic carbocycles. The number of aromatic nitrogens is 3. The Kier molecular flexibility index (Phi) is 7.25. The molecule has 238 valence electrons. The Morgan fingerprint density at radius 2 is 1.65 bits per heavy atom. The predicted octanol–water partition coefficient (Wildman–Crippen LogP) is 6.46. The van der Waals surface area contributed by atoms with Gasteiger partial charge in [0.05, 0.1) is 28.2 Å². The first-order chi connectivity index (χ1) is 21.9.